The van der Waals surface area contributed by atoms with Crippen molar-refractivity contribution in [2.45, 2.75) is 33.2 Å². The van der Waals surface area contributed by atoms with E-state index in [1.54, 1.807) is 6.92 Å². The number of carbonyl (C=O) groups is 1. The summed E-state index contributed by atoms with van der Waals surface area (Å²) < 4.78 is 12.6. The molecule has 1 atom stereocenters. The van der Waals surface area contributed by atoms with Gasteiger partial charge in [-0.15, -0.1) is 0 Å². The van der Waals surface area contributed by atoms with Gasteiger partial charge in [0.25, 0.3) is 17.2 Å². The lowest BCUT2D eigenvalue weighted by Gasteiger charge is -2.23. The third-order valence-electron chi connectivity index (χ3n) is 4.81. The van der Waals surface area contributed by atoms with E-state index in [9.17, 15) is 9.59 Å². The van der Waals surface area contributed by atoms with Gasteiger partial charge in [0, 0.05) is 12.6 Å². The van der Waals surface area contributed by atoms with Gasteiger partial charge in [-0.25, -0.2) is 4.98 Å². The Balaban J connectivity index is 1.64. The van der Waals surface area contributed by atoms with Gasteiger partial charge in [-0.3, -0.25) is 14.7 Å². The Morgan fingerprint density at radius 1 is 1.24 bits per heavy atom. The second kappa shape index (κ2) is 7.57. The minimum absolute atomic E-state index is 0.0499. The molecule has 152 valence electrons. The first-order valence-electron chi connectivity index (χ1n) is 9.59. The summed E-state index contributed by atoms with van der Waals surface area (Å²) in [5.41, 5.74) is 0.338. The molecule has 29 heavy (non-hydrogen) atoms. The molecule has 0 unspecified atom stereocenters. The lowest BCUT2D eigenvalue weighted by Crippen LogP contribution is -2.36. The number of nitrogens with zero attached hydrogens (tertiary/aromatic N) is 3. The number of amides is 1. The molecule has 1 aromatic carbocycles. The van der Waals surface area contributed by atoms with E-state index in [1.807, 2.05) is 32.0 Å². The zero-order valence-electron chi connectivity index (χ0n) is 16.6. The lowest BCUT2D eigenvalue weighted by molar-refractivity contribution is 0.0923. The minimum Gasteiger partial charge on any atom is -0.490 e. The van der Waals surface area contributed by atoms with Crippen LogP contribution < -0.4 is 20.3 Å². The molecular weight excluding hydrogens is 374 g/mol. The van der Waals surface area contributed by atoms with Gasteiger partial charge in [0.15, 0.2) is 11.5 Å². The first-order chi connectivity index (χ1) is 13.9. The van der Waals surface area contributed by atoms with Crippen molar-refractivity contribution in [2.75, 3.05) is 13.2 Å². The second-order valence-corrected chi connectivity index (χ2v) is 7.37. The summed E-state index contributed by atoms with van der Waals surface area (Å²) in [6.07, 6.45) is 2.08. The quantitative estimate of drug-likeness (QED) is 0.697. The normalized spacial score (nSPS) is 14.6. The van der Waals surface area contributed by atoms with Crippen LogP contribution in [0.15, 0.2) is 29.2 Å². The molecule has 2 aromatic heterocycles. The summed E-state index contributed by atoms with van der Waals surface area (Å²) in [4.78, 5) is 33.7. The molecule has 1 aliphatic heterocycles. The van der Waals surface area contributed by atoms with Crippen LogP contribution in [0.25, 0.3) is 5.78 Å². The fourth-order valence-corrected chi connectivity index (χ4v) is 3.35. The van der Waals surface area contributed by atoms with Gasteiger partial charge in [0.2, 0.25) is 0 Å². The van der Waals surface area contributed by atoms with Crippen LogP contribution >= 0.6 is 0 Å². The molecule has 0 fully saturated rings. The van der Waals surface area contributed by atoms with Crippen LogP contribution in [0.5, 0.6) is 11.5 Å². The molecule has 0 bridgehead atoms. The number of carbonyl (C=O) groups excluding carboxylic acids is 1. The van der Waals surface area contributed by atoms with Crippen LogP contribution in [0.1, 0.15) is 48.1 Å². The molecule has 3 heterocycles. The van der Waals surface area contributed by atoms with Crippen molar-refractivity contribution in [1.82, 2.24) is 24.9 Å². The molecule has 0 aliphatic carbocycles. The lowest BCUT2D eigenvalue weighted by atomic mass is 9.95. The van der Waals surface area contributed by atoms with Crippen molar-refractivity contribution in [2.24, 2.45) is 5.92 Å². The van der Waals surface area contributed by atoms with Crippen molar-refractivity contribution in [3.63, 3.8) is 0 Å². The molecule has 1 amide bonds. The number of rotatable bonds is 4. The number of hydrogen-bond acceptors (Lipinski definition) is 6. The standard InChI is InChI=1S/C20H23N5O4/c1-11(2)17(13-5-6-15-16(9-13)29-8-4-7-28-15)23-18(26)14-10-21-20-22-12(3)24-25(20)19(14)27/h5-6,9-11,17H,4,7-8H2,1-3H3,(H,23,26)(H,21,22,24)/t17-/m1/s1. The average molecular weight is 397 g/mol. The summed E-state index contributed by atoms with van der Waals surface area (Å²) in [6, 6.07) is 5.33. The van der Waals surface area contributed by atoms with Crippen LogP contribution in [0.4, 0.5) is 0 Å². The Labute approximate surface area is 167 Å². The second-order valence-electron chi connectivity index (χ2n) is 7.37. The Kier molecular flexibility index (Phi) is 4.96. The average Bonchev–Trinajstić information content (AvgIpc) is 2.92. The molecule has 9 heteroatoms. The van der Waals surface area contributed by atoms with Crippen molar-refractivity contribution in [3.8, 4) is 11.5 Å². The maximum absolute atomic E-state index is 12.9. The van der Waals surface area contributed by atoms with Crippen LogP contribution in [0.3, 0.4) is 0 Å². The van der Waals surface area contributed by atoms with Crippen molar-refractivity contribution in [1.29, 1.82) is 0 Å². The maximum atomic E-state index is 12.9. The van der Waals surface area contributed by atoms with E-state index in [2.05, 4.69) is 20.4 Å². The van der Waals surface area contributed by atoms with Crippen molar-refractivity contribution < 1.29 is 14.3 Å². The number of benzene rings is 1. The number of H-pyrrole nitrogens is 1. The highest BCUT2D eigenvalue weighted by atomic mass is 16.5. The van der Waals surface area contributed by atoms with E-state index in [0.29, 0.717) is 30.5 Å². The number of aryl methyl sites for hydroxylation is 1. The summed E-state index contributed by atoms with van der Waals surface area (Å²) in [5.74, 6) is 1.72. The molecule has 4 rings (SSSR count). The van der Waals surface area contributed by atoms with Gasteiger partial charge in [-0.05, 0) is 30.5 Å². The number of hydrogen-bond donors (Lipinski definition) is 2. The Morgan fingerprint density at radius 2 is 2.00 bits per heavy atom. The van der Waals surface area contributed by atoms with Gasteiger partial charge >= 0.3 is 0 Å². The first kappa shape index (κ1) is 19.0. The highest BCUT2D eigenvalue weighted by Gasteiger charge is 2.24. The molecule has 0 saturated heterocycles. The topological polar surface area (TPSA) is 111 Å². The van der Waals surface area contributed by atoms with E-state index < -0.39 is 11.5 Å². The van der Waals surface area contributed by atoms with E-state index in [4.69, 9.17) is 9.47 Å². The number of ether oxygens (including phenoxy) is 2. The van der Waals surface area contributed by atoms with E-state index >= 15 is 0 Å². The van der Waals surface area contributed by atoms with Crippen molar-refractivity contribution >= 4 is 11.7 Å². The summed E-state index contributed by atoms with van der Waals surface area (Å²) >= 11 is 0. The number of fused-ring (bicyclic) bond motifs is 2. The summed E-state index contributed by atoms with van der Waals surface area (Å²) in [6.45, 7) is 6.91. The van der Waals surface area contributed by atoms with Gasteiger partial charge in [-0.2, -0.15) is 9.50 Å². The van der Waals surface area contributed by atoms with E-state index in [0.717, 1.165) is 12.0 Å². The first-order valence-corrected chi connectivity index (χ1v) is 9.59. The maximum Gasteiger partial charge on any atom is 0.286 e. The van der Waals surface area contributed by atoms with Crippen molar-refractivity contribution in [3.05, 3.63) is 51.7 Å². The third kappa shape index (κ3) is 3.67. The van der Waals surface area contributed by atoms with Gasteiger partial charge in [0.05, 0.1) is 19.3 Å². The molecule has 0 spiro atoms. The monoisotopic (exact) mass is 397 g/mol. The predicted octanol–water partition coefficient (Wildman–Crippen LogP) is 2.01. The van der Waals surface area contributed by atoms with E-state index in [-0.39, 0.29) is 23.3 Å². The minimum atomic E-state index is -0.491. The van der Waals surface area contributed by atoms with Gasteiger partial charge in [-0.1, -0.05) is 19.9 Å². The largest absolute Gasteiger partial charge is 0.490 e. The molecule has 2 N–H and O–H groups in total. The molecule has 9 nitrogen and oxygen atoms in total. The van der Waals surface area contributed by atoms with Crippen LogP contribution in [-0.4, -0.2) is 38.7 Å². The molecule has 1 aliphatic rings. The SMILES string of the molecule is Cc1nc2ncc(C(=O)N[C@@H](c3ccc4c(c3)OCCCO4)C(C)C)c(=O)n2[nH]1. The Bertz CT molecular complexity index is 1120. The number of aromatic amines is 1. The highest BCUT2D eigenvalue weighted by molar-refractivity contribution is 5.94. The fourth-order valence-electron chi connectivity index (χ4n) is 3.35. The van der Waals surface area contributed by atoms with Crippen LogP contribution in [0, 0.1) is 12.8 Å². The van der Waals surface area contributed by atoms with Crippen LogP contribution in [0.2, 0.25) is 0 Å². The summed E-state index contributed by atoms with van der Waals surface area (Å²) in [5, 5.41) is 5.75. The summed E-state index contributed by atoms with van der Waals surface area (Å²) in [7, 11) is 0. The Morgan fingerprint density at radius 3 is 2.76 bits per heavy atom. The van der Waals surface area contributed by atoms with Crippen LogP contribution in [-0.2, 0) is 0 Å². The fraction of sp³-hybridized carbons (Fsp3) is 0.400. The molecule has 0 saturated carbocycles. The van der Waals surface area contributed by atoms with Gasteiger partial charge in [0.1, 0.15) is 11.4 Å². The molecule has 0 radical (unpaired) electrons. The third-order valence-corrected chi connectivity index (χ3v) is 4.81. The number of nitrogens with one attached hydrogen (secondary N) is 2. The predicted molar refractivity (Wildman–Crippen MR) is 105 cm³/mol. The van der Waals surface area contributed by atoms with E-state index in [1.165, 1.54) is 10.7 Å². The van der Waals surface area contributed by atoms with Gasteiger partial charge < -0.3 is 14.8 Å². The molecule has 3 aromatic rings. The highest BCUT2D eigenvalue weighted by Crippen LogP contribution is 2.34. The zero-order valence-corrected chi connectivity index (χ0v) is 16.6. The molecular formula is C20H23N5O4. The Hall–Kier alpha value is -3.36. The number of aromatic nitrogens is 4. The smallest absolute Gasteiger partial charge is 0.286 e. The zero-order chi connectivity index (χ0) is 20.5.